The van der Waals surface area contributed by atoms with Crippen molar-refractivity contribution >= 4 is 5.95 Å². The number of nitrogens with zero attached hydrogens (tertiary/aromatic N) is 2. The zero-order valence-corrected chi connectivity index (χ0v) is 8.83. The predicted molar refractivity (Wildman–Crippen MR) is 58.2 cm³/mol. The minimum Gasteiger partial charge on any atom is -0.354 e. The molecule has 0 bridgehead atoms. The van der Waals surface area contributed by atoms with Crippen LogP contribution >= 0.6 is 0 Å². The maximum absolute atomic E-state index is 5.62. The Kier molecular flexibility index (Phi) is 4.32. The Hall–Kier alpha value is -1.16. The smallest absolute Gasteiger partial charge is 0.222 e. The van der Waals surface area contributed by atoms with Crippen LogP contribution in [0, 0.1) is 0 Å². The van der Waals surface area contributed by atoms with Crippen LogP contribution in [-0.4, -0.2) is 22.6 Å². The first-order chi connectivity index (χ1) is 6.72. The lowest BCUT2D eigenvalue weighted by Gasteiger charge is -2.06. The van der Waals surface area contributed by atoms with Gasteiger partial charge in [0.05, 0.1) is 0 Å². The highest BCUT2D eigenvalue weighted by molar-refractivity contribution is 5.24. The van der Waals surface area contributed by atoms with E-state index in [2.05, 4.69) is 22.2 Å². The summed E-state index contributed by atoms with van der Waals surface area (Å²) in [5.41, 5.74) is 6.78. The summed E-state index contributed by atoms with van der Waals surface area (Å²) in [6, 6.07) is 0.220. The van der Waals surface area contributed by atoms with Gasteiger partial charge in [0, 0.05) is 25.0 Å². The van der Waals surface area contributed by atoms with Crippen LogP contribution in [0.2, 0.25) is 0 Å². The Morgan fingerprint density at radius 3 is 2.57 bits per heavy atom. The van der Waals surface area contributed by atoms with Gasteiger partial charge in [-0.3, -0.25) is 0 Å². The van der Waals surface area contributed by atoms with Gasteiger partial charge in [-0.05, 0) is 25.3 Å². The molecule has 4 nitrogen and oxygen atoms in total. The standard InChI is InChI=1S/C10H18N4/c1-3-9-6-13-10(14-7-9)12-5-4-8(2)11/h6-8H,3-5,11H2,1-2H3,(H,12,13,14). The van der Waals surface area contributed by atoms with Gasteiger partial charge in [0.2, 0.25) is 5.95 Å². The minimum atomic E-state index is 0.220. The maximum atomic E-state index is 5.62. The number of aromatic nitrogens is 2. The quantitative estimate of drug-likeness (QED) is 0.739. The molecule has 0 saturated heterocycles. The number of aryl methyl sites for hydroxylation is 1. The molecule has 1 atom stereocenters. The summed E-state index contributed by atoms with van der Waals surface area (Å²) in [4.78, 5) is 8.37. The summed E-state index contributed by atoms with van der Waals surface area (Å²) >= 11 is 0. The molecule has 1 unspecified atom stereocenters. The fourth-order valence-electron chi connectivity index (χ4n) is 1.04. The predicted octanol–water partition coefficient (Wildman–Crippen LogP) is 1.19. The van der Waals surface area contributed by atoms with Crippen molar-refractivity contribution in [3.8, 4) is 0 Å². The number of nitrogens with one attached hydrogen (secondary N) is 1. The van der Waals surface area contributed by atoms with E-state index >= 15 is 0 Å². The highest BCUT2D eigenvalue weighted by atomic mass is 15.1. The third-order valence-corrected chi connectivity index (χ3v) is 2.00. The highest BCUT2D eigenvalue weighted by Crippen LogP contribution is 2.00. The molecule has 0 aliphatic rings. The Balaban J connectivity index is 2.36. The molecule has 1 heterocycles. The molecule has 0 spiro atoms. The van der Waals surface area contributed by atoms with Gasteiger partial charge >= 0.3 is 0 Å². The molecule has 14 heavy (non-hydrogen) atoms. The molecule has 0 amide bonds. The van der Waals surface area contributed by atoms with Gasteiger partial charge in [0.25, 0.3) is 0 Å². The van der Waals surface area contributed by atoms with Crippen molar-refractivity contribution in [2.45, 2.75) is 32.7 Å². The highest BCUT2D eigenvalue weighted by Gasteiger charge is 1.97. The first-order valence-electron chi connectivity index (χ1n) is 5.02. The zero-order valence-electron chi connectivity index (χ0n) is 8.83. The van der Waals surface area contributed by atoms with E-state index in [1.807, 2.05) is 19.3 Å². The van der Waals surface area contributed by atoms with Crippen molar-refractivity contribution in [1.29, 1.82) is 0 Å². The van der Waals surface area contributed by atoms with E-state index in [0.717, 1.165) is 24.9 Å². The lowest BCUT2D eigenvalue weighted by molar-refractivity contribution is 0.688. The largest absolute Gasteiger partial charge is 0.354 e. The Morgan fingerprint density at radius 1 is 1.43 bits per heavy atom. The van der Waals surface area contributed by atoms with Gasteiger partial charge in [-0.15, -0.1) is 0 Å². The van der Waals surface area contributed by atoms with Gasteiger partial charge in [0.15, 0.2) is 0 Å². The summed E-state index contributed by atoms with van der Waals surface area (Å²) in [6.45, 7) is 4.90. The molecule has 3 N–H and O–H groups in total. The van der Waals surface area contributed by atoms with E-state index in [0.29, 0.717) is 5.95 Å². The second kappa shape index (κ2) is 5.54. The number of hydrogen-bond acceptors (Lipinski definition) is 4. The maximum Gasteiger partial charge on any atom is 0.222 e. The second-order valence-corrected chi connectivity index (χ2v) is 3.46. The summed E-state index contributed by atoms with van der Waals surface area (Å²) in [5.74, 6) is 0.683. The molecule has 1 aromatic heterocycles. The van der Waals surface area contributed by atoms with Crippen LogP contribution in [0.4, 0.5) is 5.95 Å². The Bertz CT molecular complexity index is 255. The molecular formula is C10H18N4. The van der Waals surface area contributed by atoms with Gasteiger partial charge < -0.3 is 11.1 Å². The van der Waals surface area contributed by atoms with Crippen LogP contribution in [0.3, 0.4) is 0 Å². The van der Waals surface area contributed by atoms with Crippen LogP contribution in [0.25, 0.3) is 0 Å². The van der Waals surface area contributed by atoms with E-state index in [9.17, 15) is 0 Å². The van der Waals surface area contributed by atoms with Crippen molar-refractivity contribution in [2.24, 2.45) is 5.73 Å². The zero-order chi connectivity index (χ0) is 10.4. The molecule has 0 fully saturated rings. The number of anilines is 1. The molecule has 4 heteroatoms. The van der Waals surface area contributed by atoms with Gasteiger partial charge in [-0.2, -0.15) is 0 Å². The van der Waals surface area contributed by atoms with Crippen molar-refractivity contribution < 1.29 is 0 Å². The molecule has 0 aliphatic carbocycles. The third kappa shape index (κ3) is 3.70. The first kappa shape index (κ1) is 10.9. The summed E-state index contributed by atoms with van der Waals surface area (Å²) in [7, 11) is 0. The average Bonchev–Trinajstić information content (AvgIpc) is 2.18. The van der Waals surface area contributed by atoms with E-state index in [-0.39, 0.29) is 6.04 Å². The van der Waals surface area contributed by atoms with Crippen molar-refractivity contribution in [3.05, 3.63) is 18.0 Å². The summed E-state index contributed by atoms with van der Waals surface area (Å²) in [5, 5.41) is 3.13. The lowest BCUT2D eigenvalue weighted by Crippen LogP contribution is -2.19. The van der Waals surface area contributed by atoms with Gasteiger partial charge in [-0.25, -0.2) is 9.97 Å². The SMILES string of the molecule is CCc1cnc(NCCC(C)N)nc1. The fourth-order valence-corrected chi connectivity index (χ4v) is 1.04. The van der Waals surface area contributed by atoms with Crippen LogP contribution < -0.4 is 11.1 Å². The van der Waals surface area contributed by atoms with Crippen molar-refractivity contribution in [3.63, 3.8) is 0 Å². The lowest BCUT2D eigenvalue weighted by atomic mass is 10.2. The third-order valence-electron chi connectivity index (χ3n) is 2.00. The van der Waals surface area contributed by atoms with Crippen molar-refractivity contribution in [2.75, 3.05) is 11.9 Å². The van der Waals surface area contributed by atoms with Crippen LogP contribution in [0.15, 0.2) is 12.4 Å². The van der Waals surface area contributed by atoms with Gasteiger partial charge in [0.1, 0.15) is 0 Å². The van der Waals surface area contributed by atoms with E-state index in [4.69, 9.17) is 5.73 Å². The fraction of sp³-hybridized carbons (Fsp3) is 0.600. The first-order valence-corrected chi connectivity index (χ1v) is 5.02. The van der Waals surface area contributed by atoms with E-state index < -0.39 is 0 Å². The molecule has 0 saturated carbocycles. The number of hydrogen-bond donors (Lipinski definition) is 2. The Labute approximate surface area is 85.0 Å². The monoisotopic (exact) mass is 194 g/mol. The number of nitrogens with two attached hydrogens (primary N) is 1. The molecule has 0 radical (unpaired) electrons. The Morgan fingerprint density at radius 2 is 2.07 bits per heavy atom. The second-order valence-electron chi connectivity index (χ2n) is 3.46. The van der Waals surface area contributed by atoms with Crippen molar-refractivity contribution in [1.82, 2.24) is 9.97 Å². The van der Waals surface area contributed by atoms with Crippen LogP contribution in [0.1, 0.15) is 25.8 Å². The van der Waals surface area contributed by atoms with Crippen LogP contribution in [0.5, 0.6) is 0 Å². The molecule has 0 aliphatic heterocycles. The minimum absolute atomic E-state index is 0.220. The normalized spacial score (nSPS) is 12.5. The summed E-state index contributed by atoms with van der Waals surface area (Å²) in [6.07, 6.45) is 5.60. The average molecular weight is 194 g/mol. The van der Waals surface area contributed by atoms with E-state index in [1.54, 1.807) is 0 Å². The molecule has 1 rings (SSSR count). The molecule has 1 aromatic rings. The summed E-state index contributed by atoms with van der Waals surface area (Å²) < 4.78 is 0. The van der Waals surface area contributed by atoms with Gasteiger partial charge in [-0.1, -0.05) is 6.92 Å². The topological polar surface area (TPSA) is 63.8 Å². The molecule has 78 valence electrons. The molecular weight excluding hydrogens is 176 g/mol. The number of rotatable bonds is 5. The molecule has 0 aromatic carbocycles. The van der Waals surface area contributed by atoms with E-state index in [1.165, 1.54) is 0 Å². The van der Waals surface area contributed by atoms with Crippen LogP contribution in [-0.2, 0) is 6.42 Å².